The van der Waals surface area contributed by atoms with Gasteiger partial charge in [0.1, 0.15) is 5.82 Å². The maximum absolute atomic E-state index is 13.9. The molecule has 0 bridgehead atoms. The van der Waals surface area contributed by atoms with Gasteiger partial charge in [-0.15, -0.1) is 0 Å². The first-order valence-corrected chi connectivity index (χ1v) is 9.86. The van der Waals surface area contributed by atoms with Crippen molar-refractivity contribution in [1.29, 1.82) is 0 Å². The predicted octanol–water partition coefficient (Wildman–Crippen LogP) is 6.96. The molecule has 2 heteroatoms. The minimum Gasteiger partial charge on any atom is -0.205 e. The van der Waals surface area contributed by atoms with Crippen molar-refractivity contribution in [2.24, 2.45) is 23.7 Å². The van der Waals surface area contributed by atoms with E-state index in [1.807, 2.05) is 12.1 Å². The summed E-state index contributed by atoms with van der Waals surface area (Å²) >= 11 is 6.21. The molecule has 0 N–H and O–H groups in total. The third kappa shape index (κ3) is 4.10. The summed E-state index contributed by atoms with van der Waals surface area (Å²) in [5.74, 6) is 3.33. The van der Waals surface area contributed by atoms with Crippen LogP contribution in [0.25, 0.3) is 0 Å². The Bertz CT molecular complexity index is 523. The van der Waals surface area contributed by atoms with E-state index in [1.54, 1.807) is 6.92 Å². The molecular weight excluding hydrogens is 307 g/mol. The highest BCUT2D eigenvalue weighted by atomic mass is 35.5. The second kappa shape index (κ2) is 7.55. The van der Waals surface area contributed by atoms with E-state index in [4.69, 9.17) is 11.6 Å². The first kappa shape index (κ1) is 17.3. The number of hydrogen-bond donors (Lipinski definition) is 0. The number of hydrogen-bond acceptors (Lipinski definition) is 0. The zero-order valence-electron chi connectivity index (χ0n) is 14.6. The van der Waals surface area contributed by atoms with Gasteiger partial charge in [-0.2, -0.15) is 0 Å². The highest BCUT2D eigenvalue weighted by Crippen LogP contribution is 2.42. The Labute approximate surface area is 145 Å². The first-order chi connectivity index (χ1) is 11.0. The average Bonchev–Trinajstić information content (AvgIpc) is 2.57. The number of rotatable bonds is 3. The number of benzene rings is 1. The molecule has 2 fully saturated rings. The fourth-order valence-corrected chi connectivity index (χ4v) is 5.06. The molecule has 0 heterocycles. The molecule has 1 aromatic rings. The largest absolute Gasteiger partial charge is 0.205 e. The molecule has 2 saturated carbocycles. The molecule has 0 atom stereocenters. The van der Waals surface area contributed by atoms with Crippen molar-refractivity contribution in [3.05, 3.63) is 34.1 Å². The molecule has 0 aromatic heterocycles. The van der Waals surface area contributed by atoms with Crippen LogP contribution in [0.15, 0.2) is 12.1 Å². The molecule has 2 aliphatic rings. The standard InChI is InChI=1S/C21H30ClF/c1-14-3-8-17(9-4-14)18-11-6-16(7-12-18)13-19-10-5-15(2)21(23)20(19)22/h5,10,14,16-18H,3-4,6-9,11-13H2,1-2H3. The van der Waals surface area contributed by atoms with Gasteiger partial charge in [0.05, 0.1) is 5.02 Å². The van der Waals surface area contributed by atoms with Crippen LogP contribution in [-0.4, -0.2) is 0 Å². The van der Waals surface area contributed by atoms with E-state index >= 15 is 0 Å². The summed E-state index contributed by atoms with van der Waals surface area (Å²) in [5.41, 5.74) is 1.65. The lowest BCUT2D eigenvalue weighted by molar-refractivity contribution is 0.150. The van der Waals surface area contributed by atoms with Crippen LogP contribution < -0.4 is 0 Å². The maximum atomic E-state index is 13.9. The molecule has 1 aromatic carbocycles. The van der Waals surface area contributed by atoms with Crippen molar-refractivity contribution in [2.45, 2.75) is 71.6 Å². The number of halogens is 2. The summed E-state index contributed by atoms with van der Waals surface area (Å²) < 4.78 is 13.9. The van der Waals surface area contributed by atoms with Crippen LogP contribution in [0.1, 0.15) is 69.4 Å². The summed E-state index contributed by atoms with van der Waals surface area (Å²) in [6, 6.07) is 3.89. The summed E-state index contributed by atoms with van der Waals surface area (Å²) in [7, 11) is 0. The Balaban J connectivity index is 1.52. The smallest absolute Gasteiger partial charge is 0.144 e. The van der Waals surface area contributed by atoms with Crippen molar-refractivity contribution in [1.82, 2.24) is 0 Å². The van der Waals surface area contributed by atoms with Crippen molar-refractivity contribution >= 4 is 11.6 Å². The molecule has 0 amide bonds. The normalized spacial score (nSPS) is 32.0. The number of aryl methyl sites for hydroxylation is 1. The summed E-state index contributed by atoms with van der Waals surface area (Å²) in [6.45, 7) is 4.18. The summed E-state index contributed by atoms with van der Waals surface area (Å²) in [5, 5.41) is 0.355. The Morgan fingerprint density at radius 3 is 2.13 bits per heavy atom. The fraction of sp³-hybridized carbons (Fsp3) is 0.714. The highest BCUT2D eigenvalue weighted by molar-refractivity contribution is 6.31. The van der Waals surface area contributed by atoms with E-state index in [2.05, 4.69) is 6.92 Å². The van der Waals surface area contributed by atoms with Crippen molar-refractivity contribution in [3.8, 4) is 0 Å². The van der Waals surface area contributed by atoms with Crippen LogP contribution in [0.4, 0.5) is 4.39 Å². The van der Waals surface area contributed by atoms with Gasteiger partial charge in [0.15, 0.2) is 0 Å². The monoisotopic (exact) mass is 336 g/mol. The van der Waals surface area contributed by atoms with Crippen LogP contribution in [0.3, 0.4) is 0 Å². The Morgan fingerprint density at radius 2 is 1.52 bits per heavy atom. The lowest BCUT2D eigenvalue weighted by atomic mass is 9.69. The van der Waals surface area contributed by atoms with Gasteiger partial charge in [0.25, 0.3) is 0 Å². The van der Waals surface area contributed by atoms with Gasteiger partial charge in [-0.1, -0.05) is 43.5 Å². The zero-order valence-corrected chi connectivity index (χ0v) is 15.3. The van der Waals surface area contributed by atoms with Crippen LogP contribution in [-0.2, 0) is 6.42 Å². The lowest BCUT2D eigenvalue weighted by Gasteiger charge is -2.37. The highest BCUT2D eigenvalue weighted by Gasteiger charge is 2.30. The molecule has 0 radical (unpaired) electrons. The SMILES string of the molecule is Cc1ccc(CC2CCC(C3CCC(C)CC3)CC2)c(Cl)c1F. The van der Waals surface area contributed by atoms with Crippen molar-refractivity contribution in [2.75, 3.05) is 0 Å². The minimum absolute atomic E-state index is 0.228. The Hall–Kier alpha value is -0.560. The fourth-order valence-electron chi connectivity index (χ4n) is 4.78. The van der Waals surface area contributed by atoms with E-state index in [0.717, 1.165) is 29.7 Å². The van der Waals surface area contributed by atoms with E-state index < -0.39 is 0 Å². The van der Waals surface area contributed by atoms with Gasteiger partial charge in [-0.25, -0.2) is 4.39 Å². The molecule has 0 saturated heterocycles. The third-order valence-corrected chi connectivity index (χ3v) is 6.89. The molecule has 2 aliphatic carbocycles. The van der Waals surface area contributed by atoms with Crippen molar-refractivity contribution in [3.63, 3.8) is 0 Å². The Morgan fingerprint density at radius 1 is 0.957 bits per heavy atom. The predicted molar refractivity (Wildman–Crippen MR) is 96.4 cm³/mol. The van der Waals surface area contributed by atoms with Crippen LogP contribution in [0, 0.1) is 36.4 Å². The molecule has 0 spiro atoms. The van der Waals surface area contributed by atoms with Crippen LogP contribution in [0.5, 0.6) is 0 Å². The van der Waals surface area contributed by atoms with Crippen LogP contribution >= 0.6 is 11.6 Å². The molecule has 0 unspecified atom stereocenters. The van der Waals surface area contributed by atoms with E-state index in [-0.39, 0.29) is 5.82 Å². The van der Waals surface area contributed by atoms with Gasteiger partial charge >= 0.3 is 0 Å². The molecule has 0 aliphatic heterocycles. The van der Waals surface area contributed by atoms with Crippen molar-refractivity contribution < 1.29 is 4.39 Å². The topological polar surface area (TPSA) is 0 Å². The molecule has 23 heavy (non-hydrogen) atoms. The quantitative estimate of drug-likeness (QED) is 0.559. The maximum Gasteiger partial charge on any atom is 0.144 e. The average molecular weight is 337 g/mol. The van der Waals surface area contributed by atoms with Crippen LogP contribution in [0.2, 0.25) is 5.02 Å². The van der Waals surface area contributed by atoms with E-state index in [9.17, 15) is 4.39 Å². The summed E-state index contributed by atoms with van der Waals surface area (Å²) in [4.78, 5) is 0. The van der Waals surface area contributed by atoms with Gasteiger partial charge in [0.2, 0.25) is 0 Å². The van der Waals surface area contributed by atoms with Gasteiger partial charge in [-0.05, 0) is 86.7 Å². The minimum atomic E-state index is -0.228. The van der Waals surface area contributed by atoms with E-state index in [1.165, 1.54) is 51.4 Å². The molecule has 0 nitrogen and oxygen atoms in total. The second-order valence-corrected chi connectivity index (χ2v) is 8.55. The van der Waals surface area contributed by atoms with E-state index in [0.29, 0.717) is 16.5 Å². The molecule has 128 valence electrons. The van der Waals surface area contributed by atoms with Gasteiger partial charge in [0, 0.05) is 0 Å². The zero-order chi connectivity index (χ0) is 16.4. The third-order valence-electron chi connectivity index (χ3n) is 6.48. The summed E-state index contributed by atoms with van der Waals surface area (Å²) in [6.07, 6.45) is 12.0. The second-order valence-electron chi connectivity index (χ2n) is 8.17. The van der Waals surface area contributed by atoms with Gasteiger partial charge < -0.3 is 0 Å². The lowest BCUT2D eigenvalue weighted by Crippen LogP contribution is -2.25. The molecule has 3 rings (SSSR count). The van der Waals surface area contributed by atoms with Gasteiger partial charge in [-0.3, -0.25) is 0 Å². The Kier molecular flexibility index (Phi) is 5.67. The molecular formula is C21H30ClF. The first-order valence-electron chi connectivity index (χ1n) is 9.48.